The zero-order chi connectivity index (χ0) is 29.5. The molecule has 1 unspecified atom stereocenters. The molecule has 0 saturated carbocycles. The van der Waals surface area contributed by atoms with Crippen LogP contribution in [0.5, 0.6) is 0 Å². The van der Waals surface area contributed by atoms with Gasteiger partial charge in [-0.15, -0.1) is 0 Å². The molecule has 0 aliphatic carbocycles. The third kappa shape index (κ3) is 11.2. The fraction of sp³-hybridized carbons (Fsp3) is 0.630. The minimum absolute atomic E-state index is 0.127. The largest absolute Gasteiger partial charge is 0.456 e. The first-order valence-corrected chi connectivity index (χ1v) is 13.1. The molecule has 10 heteroatoms. The summed E-state index contributed by atoms with van der Waals surface area (Å²) in [6.07, 6.45) is -0.318. The Morgan fingerprint density at radius 3 is 1.89 bits per heavy atom. The van der Waals surface area contributed by atoms with E-state index in [1.807, 2.05) is 41.5 Å². The van der Waals surface area contributed by atoms with Gasteiger partial charge in [-0.3, -0.25) is 19.2 Å². The Morgan fingerprint density at radius 2 is 1.46 bits per heavy atom. The summed E-state index contributed by atoms with van der Waals surface area (Å²) in [7, 11) is 0. The molecule has 1 aliphatic rings. The lowest BCUT2D eigenvalue weighted by Crippen LogP contribution is -2.35. The fourth-order valence-electron chi connectivity index (χ4n) is 3.54. The number of amides is 2. The molecule has 2 rings (SSSR count). The number of carbonyl (C=O) groups excluding carboxylic acids is 4. The summed E-state index contributed by atoms with van der Waals surface area (Å²) in [6.45, 7) is 21.7. The summed E-state index contributed by atoms with van der Waals surface area (Å²) in [6, 6.07) is 0. The molecule has 0 aromatic heterocycles. The van der Waals surface area contributed by atoms with Gasteiger partial charge in [0.15, 0.2) is 12.4 Å². The van der Waals surface area contributed by atoms with E-state index in [0.29, 0.717) is 23.3 Å². The molecule has 1 heterocycles. The van der Waals surface area contributed by atoms with Crippen molar-refractivity contribution >= 4 is 40.3 Å². The predicted octanol–water partition coefficient (Wildman–Crippen LogP) is 5.45. The third-order valence-corrected chi connectivity index (χ3v) is 5.09. The van der Waals surface area contributed by atoms with E-state index in [-0.39, 0.29) is 29.5 Å². The smallest absolute Gasteiger partial charge is 0.303 e. The van der Waals surface area contributed by atoms with Crippen molar-refractivity contribution < 1.29 is 33.4 Å². The summed E-state index contributed by atoms with van der Waals surface area (Å²) in [5, 5.41) is 4.64. The second kappa shape index (κ2) is 17.9. The van der Waals surface area contributed by atoms with Crippen LogP contribution in [0.15, 0.2) is 0 Å². The standard InChI is InChI=1S/C21H27ClN2O7.3C2H6/c1-10-16(19(22)27)11(2)18(24-15(26)9-29-13(4)25)12(3)17(10)20(28)23-7-14-8-30-21(5,6)31-14;3*1-2/h14H,7-9H2,1-6H3,(H,23,28)(H,24,26);3*1-2H3. The number of anilines is 1. The van der Waals surface area contributed by atoms with Gasteiger partial charge in [-0.25, -0.2) is 0 Å². The molecule has 0 spiro atoms. The van der Waals surface area contributed by atoms with Crippen LogP contribution in [0.1, 0.15) is 99.7 Å². The number of halogens is 1. The Bertz CT molecular complexity index is 930. The Balaban J connectivity index is 0. The first-order chi connectivity index (χ1) is 17.3. The lowest BCUT2D eigenvalue weighted by Gasteiger charge is -2.21. The molecular formula is C27H45ClN2O7. The van der Waals surface area contributed by atoms with E-state index < -0.39 is 35.4 Å². The highest BCUT2D eigenvalue weighted by Crippen LogP contribution is 2.32. The van der Waals surface area contributed by atoms with E-state index in [1.165, 1.54) is 6.92 Å². The van der Waals surface area contributed by atoms with Crippen LogP contribution in [0.25, 0.3) is 0 Å². The average molecular weight is 545 g/mol. The lowest BCUT2D eigenvalue weighted by atomic mass is 9.91. The van der Waals surface area contributed by atoms with Crippen LogP contribution in [-0.4, -0.2) is 54.7 Å². The van der Waals surface area contributed by atoms with Gasteiger partial charge in [0, 0.05) is 30.3 Å². The molecular weight excluding hydrogens is 500 g/mol. The maximum absolute atomic E-state index is 13.0. The van der Waals surface area contributed by atoms with Crippen LogP contribution < -0.4 is 10.6 Å². The molecule has 0 radical (unpaired) electrons. The van der Waals surface area contributed by atoms with Gasteiger partial charge in [0.2, 0.25) is 0 Å². The maximum Gasteiger partial charge on any atom is 0.303 e. The van der Waals surface area contributed by atoms with E-state index >= 15 is 0 Å². The molecule has 0 bridgehead atoms. The SMILES string of the molecule is CC.CC.CC.CC(=O)OCC(=O)Nc1c(C)c(C(=O)Cl)c(C)c(C(=O)NCC2COC(C)(C)O2)c1C. The van der Waals surface area contributed by atoms with Gasteiger partial charge < -0.3 is 24.8 Å². The highest BCUT2D eigenvalue weighted by molar-refractivity contribution is 6.68. The minimum Gasteiger partial charge on any atom is -0.456 e. The number of esters is 1. The number of ether oxygens (including phenoxy) is 3. The second-order valence-electron chi connectivity index (χ2n) is 7.76. The Morgan fingerprint density at radius 1 is 0.946 bits per heavy atom. The van der Waals surface area contributed by atoms with Crippen molar-refractivity contribution in [1.82, 2.24) is 5.32 Å². The summed E-state index contributed by atoms with van der Waals surface area (Å²) < 4.78 is 15.9. The van der Waals surface area contributed by atoms with Gasteiger partial charge >= 0.3 is 5.97 Å². The molecule has 2 amide bonds. The molecule has 1 fully saturated rings. The number of hydrogen-bond donors (Lipinski definition) is 2. The molecule has 1 atom stereocenters. The van der Waals surface area contributed by atoms with E-state index in [2.05, 4.69) is 10.6 Å². The van der Waals surface area contributed by atoms with Gasteiger partial charge in [0.05, 0.1) is 6.61 Å². The van der Waals surface area contributed by atoms with Crippen molar-refractivity contribution in [1.29, 1.82) is 0 Å². The summed E-state index contributed by atoms with van der Waals surface area (Å²) >= 11 is 5.78. The van der Waals surface area contributed by atoms with Crippen LogP contribution in [0.2, 0.25) is 0 Å². The van der Waals surface area contributed by atoms with Gasteiger partial charge in [-0.2, -0.15) is 0 Å². The highest BCUT2D eigenvalue weighted by Gasteiger charge is 2.33. The topological polar surface area (TPSA) is 120 Å². The number of rotatable bonds is 7. The van der Waals surface area contributed by atoms with E-state index in [0.717, 1.165) is 0 Å². The van der Waals surface area contributed by atoms with Gasteiger partial charge in [-0.05, 0) is 62.9 Å². The molecule has 1 aliphatic heterocycles. The maximum atomic E-state index is 13.0. The van der Waals surface area contributed by atoms with Crippen LogP contribution in [0.4, 0.5) is 5.69 Å². The van der Waals surface area contributed by atoms with E-state index in [4.69, 9.17) is 25.8 Å². The van der Waals surface area contributed by atoms with Crippen molar-refractivity contribution in [3.63, 3.8) is 0 Å². The van der Waals surface area contributed by atoms with Crippen molar-refractivity contribution in [3.05, 3.63) is 27.8 Å². The molecule has 9 nitrogen and oxygen atoms in total. The monoisotopic (exact) mass is 544 g/mol. The van der Waals surface area contributed by atoms with E-state index in [9.17, 15) is 19.2 Å². The molecule has 1 aromatic rings. The lowest BCUT2D eigenvalue weighted by molar-refractivity contribution is -0.144. The van der Waals surface area contributed by atoms with Crippen molar-refractivity contribution in [3.8, 4) is 0 Å². The number of nitrogens with one attached hydrogen (secondary N) is 2. The van der Waals surface area contributed by atoms with Crippen molar-refractivity contribution in [2.75, 3.05) is 25.1 Å². The minimum atomic E-state index is -0.756. The summed E-state index contributed by atoms with van der Waals surface area (Å²) in [5.41, 5.74) is 1.87. The average Bonchev–Trinajstić information content (AvgIpc) is 3.21. The van der Waals surface area contributed by atoms with Crippen LogP contribution in [0.3, 0.4) is 0 Å². The Hall–Kier alpha value is -2.49. The van der Waals surface area contributed by atoms with Crippen molar-refractivity contribution in [2.24, 2.45) is 0 Å². The predicted molar refractivity (Wildman–Crippen MR) is 147 cm³/mol. The molecule has 37 heavy (non-hydrogen) atoms. The molecule has 212 valence electrons. The zero-order valence-electron chi connectivity index (χ0n) is 24.4. The van der Waals surface area contributed by atoms with Gasteiger partial charge in [0.1, 0.15) is 6.10 Å². The molecule has 2 N–H and O–H groups in total. The van der Waals surface area contributed by atoms with E-state index in [1.54, 1.807) is 34.6 Å². The summed E-state index contributed by atoms with van der Waals surface area (Å²) in [4.78, 5) is 48.2. The third-order valence-electron chi connectivity index (χ3n) is 4.90. The van der Waals surface area contributed by atoms with Crippen LogP contribution in [0, 0.1) is 20.8 Å². The van der Waals surface area contributed by atoms with Crippen LogP contribution in [-0.2, 0) is 23.8 Å². The van der Waals surface area contributed by atoms with Crippen molar-refractivity contribution in [2.45, 2.75) is 95.0 Å². The molecule has 1 saturated heterocycles. The summed E-state index contributed by atoms with van der Waals surface area (Å²) in [5.74, 6) is -2.38. The first kappa shape index (κ1) is 36.7. The Kier molecular flexibility index (Phi) is 17.7. The number of benzene rings is 1. The zero-order valence-corrected chi connectivity index (χ0v) is 25.2. The second-order valence-corrected chi connectivity index (χ2v) is 8.11. The van der Waals surface area contributed by atoms with Gasteiger partial charge in [-0.1, -0.05) is 41.5 Å². The number of carbonyl (C=O) groups is 4. The normalized spacial score (nSPS) is 14.9. The highest BCUT2D eigenvalue weighted by atomic mass is 35.5. The Labute approximate surface area is 226 Å². The van der Waals surface area contributed by atoms with Crippen LogP contribution >= 0.6 is 11.6 Å². The fourth-order valence-corrected chi connectivity index (χ4v) is 3.83. The molecule has 1 aromatic carbocycles. The quantitative estimate of drug-likeness (QED) is 0.346. The first-order valence-electron chi connectivity index (χ1n) is 12.7. The van der Waals surface area contributed by atoms with Gasteiger partial charge in [0.25, 0.3) is 17.1 Å². The number of hydrogen-bond acceptors (Lipinski definition) is 7.